The quantitative estimate of drug-likeness (QED) is 0.204. The number of nitrogens with zero attached hydrogens (tertiary/aromatic N) is 8. The molecule has 3 aromatic carbocycles. The van der Waals surface area contributed by atoms with Gasteiger partial charge in [0.15, 0.2) is 0 Å². The van der Waals surface area contributed by atoms with Gasteiger partial charge in [-0.3, -0.25) is 4.90 Å². The topological polar surface area (TPSA) is 124 Å². The number of halogens is 1. The summed E-state index contributed by atoms with van der Waals surface area (Å²) in [7, 11) is 0.906. The minimum Gasteiger partial charge on any atom is -0.497 e. The SMILES string of the molecule is COc1ccc(Cn2cc(CN(Cc3ccc(-c4ccc(N5C[C@H](Cn6cc(C)nn6)OC5=O)cc4F)cc3)B(C)O)nn2)cc1. The maximum absolute atomic E-state index is 15.3. The van der Waals surface area contributed by atoms with Crippen molar-refractivity contribution in [1.82, 2.24) is 34.8 Å². The fourth-order valence-corrected chi connectivity index (χ4v) is 5.39. The number of aromatic nitrogens is 6. The third-order valence-corrected chi connectivity index (χ3v) is 7.82. The third-order valence-electron chi connectivity index (χ3n) is 7.82. The molecule has 1 saturated heterocycles. The number of carbonyl (C=O) groups is 1. The van der Waals surface area contributed by atoms with Crippen LogP contribution < -0.4 is 9.64 Å². The first-order valence-corrected chi connectivity index (χ1v) is 14.9. The number of methoxy groups -OCH3 is 1. The van der Waals surface area contributed by atoms with Crippen LogP contribution in [0.15, 0.2) is 79.1 Å². The number of amides is 1. The summed E-state index contributed by atoms with van der Waals surface area (Å²) >= 11 is 0. The number of hydrogen-bond acceptors (Lipinski definition) is 9. The van der Waals surface area contributed by atoms with Crippen LogP contribution in [0.1, 0.15) is 22.5 Å². The Labute approximate surface area is 266 Å². The van der Waals surface area contributed by atoms with Gasteiger partial charge in [-0.1, -0.05) is 46.8 Å². The Morgan fingerprint density at radius 2 is 1.74 bits per heavy atom. The predicted molar refractivity (Wildman–Crippen MR) is 169 cm³/mol. The van der Waals surface area contributed by atoms with Crippen LogP contribution in [-0.4, -0.2) is 72.7 Å². The van der Waals surface area contributed by atoms with E-state index < -0.39 is 25.1 Å². The van der Waals surface area contributed by atoms with Gasteiger partial charge < -0.3 is 19.3 Å². The van der Waals surface area contributed by atoms with Crippen molar-refractivity contribution in [3.63, 3.8) is 0 Å². The molecule has 0 bridgehead atoms. The lowest BCUT2D eigenvalue weighted by Crippen LogP contribution is -2.36. The Morgan fingerprint density at radius 3 is 2.41 bits per heavy atom. The van der Waals surface area contributed by atoms with E-state index in [4.69, 9.17) is 9.47 Å². The summed E-state index contributed by atoms with van der Waals surface area (Å²) < 4.78 is 29.4. The number of carbonyl (C=O) groups excluding carboxylic acids is 1. The van der Waals surface area contributed by atoms with Gasteiger partial charge in [-0.25, -0.2) is 18.5 Å². The second-order valence-electron chi connectivity index (χ2n) is 11.4. The van der Waals surface area contributed by atoms with Gasteiger partial charge in [0.1, 0.15) is 17.7 Å². The van der Waals surface area contributed by atoms with E-state index in [0.29, 0.717) is 43.0 Å². The molecule has 1 amide bonds. The van der Waals surface area contributed by atoms with Gasteiger partial charge in [-0.15, -0.1) is 10.2 Å². The summed E-state index contributed by atoms with van der Waals surface area (Å²) in [5.74, 6) is 0.346. The van der Waals surface area contributed by atoms with Crippen molar-refractivity contribution in [2.45, 2.75) is 46.0 Å². The van der Waals surface area contributed by atoms with Crippen LogP contribution in [0.3, 0.4) is 0 Å². The molecule has 14 heteroatoms. The first-order chi connectivity index (χ1) is 22.2. The molecule has 5 aromatic rings. The summed E-state index contributed by atoms with van der Waals surface area (Å²) in [5.41, 5.74) is 5.05. The standard InChI is InChI=1S/C32H34BFN8O4/c1-22-15-40(37-35-22)20-29-21-42(32(43)46-29)27-10-13-30(31(34)14-27)25-8-4-23(5-9-25)16-39(33(2)44)18-26-19-41(38-36-26)17-24-6-11-28(45-3)12-7-24/h4-15,19,29,44H,16-18,20-21H2,1-3H3/t29-/m0/s1. The minimum absolute atomic E-state index is 0.282. The average molecular weight is 624 g/mol. The van der Waals surface area contributed by atoms with Crippen molar-refractivity contribution in [2.75, 3.05) is 18.6 Å². The van der Waals surface area contributed by atoms with Crippen molar-refractivity contribution >= 4 is 18.8 Å². The zero-order valence-corrected chi connectivity index (χ0v) is 25.8. The van der Waals surface area contributed by atoms with Gasteiger partial charge in [0, 0.05) is 24.8 Å². The third kappa shape index (κ3) is 7.24. The fraction of sp³-hybridized carbons (Fsp3) is 0.281. The van der Waals surface area contributed by atoms with Gasteiger partial charge in [0.25, 0.3) is 0 Å². The molecule has 1 N–H and O–H groups in total. The molecule has 0 unspecified atom stereocenters. The van der Waals surface area contributed by atoms with E-state index in [1.807, 2.05) is 66.5 Å². The Balaban J connectivity index is 1.07. The molecule has 1 aliphatic rings. The first-order valence-electron chi connectivity index (χ1n) is 14.9. The molecule has 0 spiro atoms. The second-order valence-corrected chi connectivity index (χ2v) is 11.4. The first kappa shape index (κ1) is 30.9. The summed E-state index contributed by atoms with van der Waals surface area (Å²) in [5, 5.41) is 27.0. The smallest absolute Gasteiger partial charge is 0.414 e. The van der Waals surface area contributed by atoms with Crippen molar-refractivity contribution < 1.29 is 23.7 Å². The Hall–Kier alpha value is -5.08. The lowest BCUT2D eigenvalue weighted by Gasteiger charge is -2.22. The number of hydrogen-bond donors (Lipinski definition) is 1. The number of rotatable bonds is 12. The Bertz CT molecular complexity index is 1790. The van der Waals surface area contributed by atoms with E-state index in [1.54, 1.807) is 41.6 Å². The number of benzene rings is 3. The summed E-state index contributed by atoms with van der Waals surface area (Å²) in [6, 6.07) is 20.0. The largest absolute Gasteiger partial charge is 0.497 e. The zero-order chi connectivity index (χ0) is 32.2. The summed E-state index contributed by atoms with van der Waals surface area (Å²) in [4.78, 5) is 15.8. The number of cyclic esters (lactones) is 1. The molecule has 1 fully saturated rings. The van der Waals surface area contributed by atoms with Gasteiger partial charge in [-0.2, -0.15) is 0 Å². The van der Waals surface area contributed by atoms with Gasteiger partial charge in [-0.05, 0) is 60.8 Å². The maximum Gasteiger partial charge on any atom is 0.414 e. The molecule has 236 valence electrons. The highest BCUT2D eigenvalue weighted by atomic mass is 19.1. The highest BCUT2D eigenvalue weighted by Gasteiger charge is 2.33. The molecule has 46 heavy (non-hydrogen) atoms. The fourth-order valence-electron chi connectivity index (χ4n) is 5.39. The van der Waals surface area contributed by atoms with Crippen LogP contribution in [-0.2, 0) is 30.9 Å². The molecule has 12 nitrogen and oxygen atoms in total. The zero-order valence-electron chi connectivity index (χ0n) is 25.8. The molecule has 0 aliphatic carbocycles. The molecule has 0 radical (unpaired) electrons. The van der Waals surface area contributed by atoms with E-state index >= 15 is 4.39 Å². The van der Waals surface area contributed by atoms with Crippen LogP contribution >= 0.6 is 0 Å². The molecule has 6 rings (SSSR count). The predicted octanol–water partition coefficient (Wildman–Crippen LogP) is 4.18. The molecule has 1 aliphatic heterocycles. The lowest BCUT2D eigenvalue weighted by molar-refractivity contribution is 0.129. The normalized spacial score (nSPS) is 14.6. The number of ether oxygens (including phenoxy) is 2. The molecule has 3 heterocycles. The minimum atomic E-state index is -0.728. The van der Waals surface area contributed by atoms with E-state index in [9.17, 15) is 9.82 Å². The molecular weight excluding hydrogens is 590 g/mol. The van der Waals surface area contributed by atoms with E-state index in [2.05, 4.69) is 20.6 Å². The molecule has 1 atom stereocenters. The highest BCUT2D eigenvalue weighted by molar-refractivity contribution is 6.45. The number of anilines is 1. The van der Waals surface area contributed by atoms with E-state index in [1.165, 1.54) is 11.0 Å². The lowest BCUT2D eigenvalue weighted by atomic mass is 9.84. The molecular formula is C32H34BFN8O4. The Morgan fingerprint density at radius 1 is 1.00 bits per heavy atom. The van der Waals surface area contributed by atoms with Crippen LogP contribution in [0.25, 0.3) is 11.1 Å². The van der Waals surface area contributed by atoms with E-state index in [-0.39, 0.29) is 6.54 Å². The van der Waals surface area contributed by atoms with Gasteiger partial charge in [0.05, 0.1) is 50.0 Å². The van der Waals surface area contributed by atoms with Gasteiger partial charge >= 0.3 is 13.1 Å². The van der Waals surface area contributed by atoms with Crippen molar-refractivity contribution in [2.24, 2.45) is 0 Å². The highest BCUT2D eigenvalue weighted by Crippen LogP contribution is 2.30. The number of aryl methyl sites for hydroxylation is 1. The second kappa shape index (κ2) is 13.5. The Kier molecular flexibility index (Phi) is 9.08. The van der Waals surface area contributed by atoms with E-state index in [0.717, 1.165) is 28.3 Å². The van der Waals surface area contributed by atoms with Gasteiger partial charge in [0.2, 0.25) is 0 Å². The van der Waals surface area contributed by atoms with Crippen molar-refractivity contribution in [3.05, 3.63) is 107 Å². The summed E-state index contributed by atoms with van der Waals surface area (Å²) in [6.45, 7) is 5.61. The monoisotopic (exact) mass is 624 g/mol. The van der Waals surface area contributed by atoms with Crippen LogP contribution in [0.2, 0.25) is 6.82 Å². The van der Waals surface area contributed by atoms with Crippen LogP contribution in [0.4, 0.5) is 14.9 Å². The van der Waals surface area contributed by atoms with Crippen LogP contribution in [0, 0.1) is 12.7 Å². The molecule has 2 aromatic heterocycles. The van der Waals surface area contributed by atoms with Crippen LogP contribution in [0.5, 0.6) is 5.75 Å². The average Bonchev–Trinajstić information content (AvgIpc) is 3.77. The van der Waals surface area contributed by atoms with Crippen molar-refractivity contribution in [1.29, 1.82) is 0 Å². The van der Waals surface area contributed by atoms with Crippen molar-refractivity contribution in [3.8, 4) is 16.9 Å². The molecule has 0 saturated carbocycles. The summed E-state index contributed by atoms with van der Waals surface area (Å²) in [6.07, 6.45) is 2.70. The maximum atomic E-state index is 15.3.